The van der Waals surface area contributed by atoms with Crippen molar-refractivity contribution in [3.05, 3.63) is 59.3 Å². The van der Waals surface area contributed by atoms with Crippen LogP contribution in [-0.2, 0) is 5.60 Å². The van der Waals surface area contributed by atoms with Crippen LogP contribution < -0.4 is 0 Å². The number of halogens is 1. The molecule has 2 rings (SSSR count). The van der Waals surface area contributed by atoms with Crippen molar-refractivity contribution in [1.29, 1.82) is 0 Å². The third-order valence-corrected chi connectivity index (χ3v) is 3.09. The molecule has 1 aromatic carbocycles. The standard InChI is InChI=1S/C14H13FO4/c1-2-14(18,9-4-3-5-10(15)8-9)12-11(13(16)17)6-7-19-12/h3-8,18H,2H2,1H3,(H,16,17). The lowest BCUT2D eigenvalue weighted by Crippen LogP contribution is -2.28. The van der Waals surface area contributed by atoms with Crippen LogP contribution in [0.25, 0.3) is 0 Å². The first-order valence-corrected chi connectivity index (χ1v) is 5.78. The minimum absolute atomic E-state index is 0.0897. The summed E-state index contributed by atoms with van der Waals surface area (Å²) in [6.07, 6.45) is 1.35. The van der Waals surface area contributed by atoms with Gasteiger partial charge in [-0.25, -0.2) is 9.18 Å². The highest BCUT2D eigenvalue weighted by Crippen LogP contribution is 2.35. The fourth-order valence-electron chi connectivity index (χ4n) is 2.04. The van der Waals surface area contributed by atoms with E-state index in [2.05, 4.69) is 0 Å². The number of carbonyl (C=O) groups is 1. The first-order chi connectivity index (χ1) is 8.99. The molecule has 1 atom stereocenters. The van der Waals surface area contributed by atoms with Gasteiger partial charge in [-0.1, -0.05) is 19.1 Å². The smallest absolute Gasteiger partial charge is 0.339 e. The summed E-state index contributed by atoms with van der Waals surface area (Å²) >= 11 is 0. The molecular formula is C14H13FO4. The maximum Gasteiger partial charge on any atom is 0.339 e. The van der Waals surface area contributed by atoms with Gasteiger partial charge in [0, 0.05) is 0 Å². The van der Waals surface area contributed by atoms with Gasteiger partial charge in [-0.3, -0.25) is 0 Å². The molecule has 0 fully saturated rings. The third kappa shape index (κ3) is 2.24. The lowest BCUT2D eigenvalue weighted by molar-refractivity contribution is 0.0471. The minimum Gasteiger partial charge on any atom is -0.478 e. The second kappa shape index (κ2) is 4.85. The van der Waals surface area contributed by atoms with Crippen LogP contribution in [0.2, 0.25) is 0 Å². The van der Waals surface area contributed by atoms with Gasteiger partial charge in [-0.15, -0.1) is 0 Å². The van der Waals surface area contributed by atoms with E-state index in [0.29, 0.717) is 0 Å². The zero-order valence-corrected chi connectivity index (χ0v) is 10.3. The number of aliphatic hydroxyl groups is 1. The van der Waals surface area contributed by atoms with Gasteiger partial charge >= 0.3 is 5.97 Å². The summed E-state index contributed by atoms with van der Waals surface area (Å²) in [5.41, 5.74) is -1.54. The molecule has 0 aliphatic heterocycles. The number of carboxylic acids is 1. The van der Waals surface area contributed by atoms with E-state index < -0.39 is 17.4 Å². The minimum atomic E-state index is -1.67. The quantitative estimate of drug-likeness (QED) is 0.890. The summed E-state index contributed by atoms with van der Waals surface area (Å²) in [7, 11) is 0. The van der Waals surface area contributed by atoms with Gasteiger partial charge < -0.3 is 14.6 Å². The number of rotatable bonds is 4. The van der Waals surface area contributed by atoms with Gasteiger partial charge in [0.1, 0.15) is 17.0 Å². The lowest BCUT2D eigenvalue weighted by atomic mass is 9.86. The van der Waals surface area contributed by atoms with Gasteiger partial charge in [0.25, 0.3) is 0 Å². The molecule has 1 aromatic heterocycles. The molecule has 2 N–H and O–H groups in total. The highest BCUT2D eigenvalue weighted by molar-refractivity contribution is 5.89. The van der Waals surface area contributed by atoms with E-state index in [1.165, 1.54) is 30.5 Å². The zero-order chi connectivity index (χ0) is 14.0. The van der Waals surface area contributed by atoms with Crippen molar-refractivity contribution in [2.75, 3.05) is 0 Å². The predicted molar refractivity (Wildman–Crippen MR) is 65.4 cm³/mol. The van der Waals surface area contributed by atoms with Gasteiger partial charge in [-0.2, -0.15) is 0 Å². The molecular weight excluding hydrogens is 251 g/mol. The number of aromatic carboxylic acids is 1. The highest BCUT2D eigenvalue weighted by Gasteiger charge is 2.37. The van der Waals surface area contributed by atoms with Crippen molar-refractivity contribution in [2.24, 2.45) is 0 Å². The largest absolute Gasteiger partial charge is 0.478 e. The fourth-order valence-corrected chi connectivity index (χ4v) is 2.04. The normalized spacial score (nSPS) is 14.1. The third-order valence-electron chi connectivity index (χ3n) is 3.09. The number of hydrogen-bond donors (Lipinski definition) is 2. The fraction of sp³-hybridized carbons (Fsp3) is 0.214. The predicted octanol–water partition coefficient (Wildman–Crippen LogP) is 2.76. The van der Waals surface area contributed by atoms with E-state index in [1.54, 1.807) is 6.92 Å². The summed E-state index contributed by atoms with van der Waals surface area (Å²) in [6.45, 7) is 1.67. The van der Waals surface area contributed by atoms with Crippen LogP contribution >= 0.6 is 0 Å². The SMILES string of the molecule is CCC(O)(c1cccc(F)c1)c1occc1C(=O)O. The van der Waals surface area contributed by atoms with E-state index in [0.717, 1.165) is 6.07 Å². The average Bonchev–Trinajstić information content (AvgIpc) is 2.87. The van der Waals surface area contributed by atoms with Gasteiger partial charge in [0.2, 0.25) is 0 Å². The molecule has 0 aliphatic carbocycles. The maximum atomic E-state index is 13.3. The summed E-state index contributed by atoms with van der Waals surface area (Å²) in [6, 6.07) is 6.66. The Morgan fingerprint density at radius 2 is 2.16 bits per heavy atom. The number of furan rings is 1. The van der Waals surface area contributed by atoms with E-state index in [1.807, 2.05) is 0 Å². The van der Waals surface area contributed by atoms with E-state index in [9.17, 15) is 14.3 Å². The van der Waals surface area contributed by atoms with Gasteiger partial charge in [0.15, 0.2) is 5.76 Å². The Bertz CT molecular complexity index is 605. The molecule has 0 saturated heterocycles. The van der Waals surface area contributed by atoms with E-state index >= 15 is 0 Å². The van der Waals surface area contributed by atoms with Gasteiger partial charge in [-0.05, 0) is 30.2 Å². The van der Waals surface area contributed by atoms with Crippen molar-refractivity contribution >= 4 is 5.97 Å². The molecule has 2 aromatic rings. The summed E-state index contributed by atoms with van der Waals surface area (Å²) < 4.78 is 18.4. The van der Waals surface area contributed by atoms with Crippen molar-refractivity contribution < 1.29 is 23.8 Å². The molecule has 5 heteroatoms. The van der Waals surface area contributed by atoms with Crippen LogP contribution in [0.3, 0.4) is 0 Å². The monoisotopic (exact) mass is 264 g/mol. The Morgan fingerprint density at radius 3 is 2.74 bits per heavy atom. The molecule has 1 unspecified atom stereocenters. The number of carboxylic acid groups (broad SMARTS) is 1. The Labute approximate surface area is 109 Å². The first-order valence-electron chi connectivity index (χ1n) is 5.78. The molecule has 0 bridgehead atoms. The van der Waals surface area contributed by atoms with Crippen LogP contribution in [0.5, 0.6) is 0 Å². The highest BCUT2D eigenvalue weighted by atomic mass is 19.1. The Hall–Kier alpha value is -2.14. The van der Waals surface area contributed by atoms with Crippen LogP contribution in [0, 0.1) is 5.82 Å². The number of hydrogen-bond acceptors (Lipinski definition) is 3. The molecule has 4 nitrogen and oxygen atoms in total. The molecule has 0 saturated carbocycles. The van der Waals surface area contributed by atoms with Crippen LogP contribution in [0.1, 0.15) is 35.0 Å². The average molecular weight is 264 g/mol. The molecule has 0 aliphatic rings. The second-order valence-electron chi connectivity index (χ2n) is 4.19. The maximum absolute atomic E-state index is 13.3. The van der Waals surface area contributed by atoms with Crippen molar-refractivity contribution in [3.8, 4) is 0 Å². The molecule has 0 spiro atoms. The van der Waals surface area contributed by atoms with Crippen LogP contribution in [0.4, 0.5) is 4.39 Å². The summed E-state index contributed by atoms with van der Waals surface area (Å²) in [5.74, 6) is -1.80. The van der Waals surface area contributed by atoms with Gasteiger partial charge in [0.05, 0.1) is 6.26 Å². The Kier molecular flexibility index (Phi) is 3.40. The first kappa shape index (κ1) is 13.3. The zero-order valence-electron chi connectivity index (χ0n) is 10.3. The van der Waals surface area contributed by atoms with E-state index in [-0.39, 0.29) is 23.3 Å². The second-order valence-corrected chi connectivity index (χ2v) is 4.19. The molecule has 1 heterocycles. The molecule has 19 heavy (non-hydrogen) atoms. The topological polar surface area (TPSA) is 70.7 Å². The van der Waals surface area contributed by atoms with Crippen molar-refractivity contribution in [1.82, 2.24) is 0 Å². The van der Waals surface area contributed by atoms with Crippen molar-refractivity contribution in [3.63, 3.8) is 0 Å². The van der Waals surface area contributed by atoms with Crippen LogP contribution in [0.15, 0.2) is 41.0 Å². The molecule has 0 radical (unpaired) electrons. The number of benzene rings is 1. The van der Waals surface area contributed by atoms with Crippen LogP contribution in [-0.4, -0.2) is 16.2 Å². The Morgan fingerprint density at radius 1 is 1.42 bits per heavy atom. The Balaban J connectivity index is 2.60. The lowest BCUT2D eigenvalue weighted by Gasteiger charge is -2.25. The molecule has 100 valence electrons. The molecule has 0 amide bonds. The summed E-state index contributed by atoms with van der Waals surface area (Å²) in [5, 5.41) is 19.8. The summed E-state index contributed by atoms with van der Waals surface area (Å²) in [4.78, 5) is 11.1. The van der Waals surface area contributed by atoms with Crippen molar-refractivity contribution in [2.45, 2.75) is 18.9 Å². The van der Waals surface area contributed by atoms with E-state index in [4.69, 9.17) is 9.52 Å².